The molecule has 1 saturated carbocycles. The number of nitrogens with zero attached hydrogens (tertiary/aromatic N) is 1. The second kappa shape index (κ2) is 8.33. The molecule has 7 nitrogen and oxygen atoms in total. The van der Waals surface area contributed by atoms with E-state index in [4.69, 9.17) is 4.74 Å². The summed E-state index contributed by atoms with van der Waals surface area (Å²) in [5.74, 6) is -1.42. The third-order valence-corrected chi connectivity index (χ3v) is 7.44. The first-order valence-corrected chi connectivity index (χ1v) is 11.7. The molecule has 0 aromatic heterocycles. The average Bonchev–Trinajstić information content (AvgIpc) is 2.92. The highest BCUT2D eigenvalue weighted by Gasteiger charge is 2.51. The van der Waals surface area contributed by atoms with E-state index in [0.29, 0.717) is 12.6 Å². The highest BCUT2D eigenvalue weighted by Crippen LogP contribution is 2.52. The Morgan fingerprint density at radius 3 is 2.50 bits per heavy atom. The zero-order valence-corrected chi connectivity index (χ0v) is 19.0. The molecule has 2 aliphatic rings. The number of ether oxygens (including phenoxy) is 1. The number of fused-ring (bicyclic) bond motifs is 2. The van der Waals surface area contributed by atoms with Gasteiger partial charge in [0.25, 0.3) is 5.91 Å². The number of alkyl halides is 3. The maximum atomic E-state index is 13.1. The molecule has 2 unspecified atom stereocenters. The number of halogens is 3. The van der Waals surface area contributed by atoms with E-state index < -0.39 is 45.8 Å². The highest BCUT2D eigenvalue weighted by molar-refractivity contribution is 7.89. The molecular formula is C21H27F3N2O5S. The molecule has 11 heteroatoms. The lowest BCUT2D eigenvalue weighted by Crippen LogP contribution is -2.40. The number of benzene rings is 1. The first-order valence-electron chi connectivity index (χ1n) is 10.2. The molecule has 1 N–H and O–H groups in total. The molecule has 1 aromatic carbocycles. The molecule has 1 aliphatic heterocycles. The summed E-state index contributed by atoms with van der Waals surface area (Å²) in [5.41, 5.74) is -1.23. The van der Waals surface area contributed by atoms with Gasteiger partial charge < -0.3 is 9.64 Å². The van der Waals surface area contributed by atoms with Crippen LogP contribution in [0.5, 0.6) is 0 Å². The van der Waals surface area contributed by atoms with E-state index >= 15 is 0 Å². The van der Waals surface area contributed by atoms with Crippen LogP contribution in [-0.2, 0) is 30.5 Å². The summed E-state index contributed by atoms with van der Waals surface area (Å²) in [6.07, 6.45) is -2.16. The fraction of sp³-hybridized carbons (Fsp3) is 0.619. The topological polar surface area (TPSA) is 92.8 Å². The number of likely N-dealkylation sites (tertiary alicyclic amines) is 1. The molecule has 2 fully saturated rings. The molecule has 1 heterocycles. The Morgan fingerprint density at radius 2 is 1.84 bits per heavy atom. The van der Waals surface area contributed by atoms with E-state index in [2.05, 4.69) is 20.8 Å². The fourth-order valence-electron chi connectivity index (χ4n) is 5.19. The largest absolute Gasteiger partial charge is 0.455 e. The number of hydrogen-bond acceptors (Lipinski definition) is 5. The number of nitrogens with one attached hydrogen (secondary N) is 1. The number of rotatable bonds is 6. The zero-order chi connectivity index (χ0) is 23.9. The number of esters is 1. The van der Waals surface area contributed by atoms with E-state index in [0.717, 1.165) is 37.5 Å². The van der Waals surface area contributed by atoms with Gasteiger partial charge in [0.2, 0.25) is 10.0 Å². The third-order valence-electron chi connectivity index (χ3n) is 5.98. The molecule has 178 valence electrons. The van der Waals surface area contributed by atoms with Crippen LogP contribution in [-0.4, -0.2) is 50.9 Å². The maximum Gasteiger partial charge on any atom is 0.417 e. The number of hydrogen-bond donors (Lipinski definition) is 1. The summed E-state index contributed by atoms with van der Waals surface area (Å²) < 4.78 is 70.5. The zero-order valence-electron chi connectivity index (χ0n) is 18.2. The SMILES string of the molecule is CC1(C)CC2CC(C)(CN2C(=O)COC(=O)CNS(=O)(=O)c2ccccc2C(F)(F)F)C1. The van der Waals surface area contributed by atoms with Gasteiger partial charge in [0.05, 0.1) is 10.5 Å². The smallest absolute Gasteiger partial charge is 0.417 e. The van der Waals surface area contributed by atoms with Gasteiger partial charge in [-0.2, -0.15) is 17.9 Å². The molecule has 1 aliphatic carbocycles. The highest BCUT2D eigenvalue weighted by atomic mass is 32.2. The lowest BCUT2D eigenvalue weighted by Gasteiger charge is -2.39. The Balaban J connectivity index is 1.56. The second-order valence-corrected chi connectivity index (χ2v) is 11.4. The van der Waals surface area contributed by atoms with Gasteiger partial charge in [0, 0.05) is 12.6 Å². The minimum atomic E-state index is -4.88. The van der Waals surface area contributed by atoms with Crippen molar-refractivity contribution in [3.05, 3.63) is 29.8 Å². The van der Waals surface area contributed by atoms with Crippen LogP contribution in [0.15, 0.2) is 29.2 Å². The first-order chi connectivity index (χ1) is 14.6. The minimum Gasteiger partial charge on any atom is -0.455 e. The average molecular weight is 477 g/mol. The maximum absolute atomic E-state index is 13.1. The molecule has 1 saturated heterocycles. The van der Waals surface area contributed by atoms with Gasteiger partial charge in [-0.3, -0.25) is 9.59 Å². The Kier molecular flexibility index (Phi) is 6.38. The third kappa shape index (κ3) is 5.43. The Labute approximate surface area is 185 Å². The van der Waals surface area contributed by atoms with Crippen molar-refractivity contribution in [2.75, 3.05) is 19.7 Å². The summed E-state index contributed by atoms with van der Waals surface area (Å²) in [6, 6.07) is 3.71. The van der Waals surface area contributed by atoms with Gasteiger partial charge in [-0.1, -0.05) is 32.9 Å². The van der Waals surface area contributed by atoms with Crippen molar-refractivity contribution in [3.63, 3.8) is 0 Å². The van der Waals surface area contributed by atoms with Gasteiger partial charge in [-0.15, -0.1) is 0 Å². The summed E-state index contributed by atoms with van der Waals surface area (Å²) in [6.45, 7) is 5.58. The number of sulfonamides is 1. The lowest BCUT2D eigenvalue weighted by atomic mass is 9.65. The predicted molar refractivity (Wildman–Crippen MR) is 109 cm³/mol. The van der Waals surface area contributed by atoms with Crippen LogP contribution in [0.1, 0.15) is 45.6 Å². The minimum absolute atomic E-state index is 0.00753. The van der Waals surface area contributed by atoms with E-state index in [1.807, 2.05) is 4.72 Å². The van der Waals surface area contributed by atoms with Crippen LogP contribution in [0.25, 0.3) is 0 Å². The normalized spacial score (nSPS) is 24.9. The van der Waals surface area contributed by atoms with Gasteiger partial charge in [-0.25, -0.2) is 8.42 Å². The Bertz CT molecular complexity index is 1010. The van der Waals surface area contributed by atoms with Crippen LogP contribution in [0, 0.1) is 10.8 Å². The molecule has 0 spiro atoms. The van der Waals surface area contributed by atoms with Gasteiger partial charge in [0.15, 0.2) is 6.61 Å². The molecule has 2 bridgehead atoms. The first kappa shape index (κ1) is 24.5. The molecule has 0 radical (unpaired) electrons. The van der Waals surface area contributed by atoms with Gasteiger partial charge in [-0.05, 0) is 42.2 Å². The second-order valence-electron chi connectivity index (χ2n) is 9.71. The number of amides is 1. The molecule has 2 atom stereocenters. The summed E-state index contributed by atoms with van der Waals surface area (Å²) >= 11 is 0. The Hall–Kier alpha value is -2.14. The van der Waals surface area contributed by atoms with E-state index in [1.54, 1.807) is 4.90 Å². The number of carbonyl (C=O) groups excluding carboxylic acids is 2. The molecular weight excluding hydrogens is 449 g/mol. The molecule has 32 heavy (non-hydrogen) atoms. The lowest BCUT2D eigenvalue weighted by molar-refractivity contribution is -0.151. The van der Waals surface area contributed by atoms with Crippen LogP contribution < -0.4 is 4.72 Å². The number of carbonyl (C=O) groups is 2. The predicted octanol–water partition coefficient (Wildman–Crippen LogP) is 2.95. The van der Waals surface area contributed by atoms with Crippen molar-refractivity contribution < 1.29 is 35.9 Å². The summed E-state index contributed by atoms with van der Waals surface area (Å²) in [7, 11) is -4.62. The molecule has 1 aromatic rings. The van der Waals surface area contributed by atoms with Crippen molar-refractivity contribution >= 4 is 21.9 Å². The van der Waals surface area contributed by atoms with Crippen LogP contribution in [0.3, 0.4) is 0 Å². The Morgan fingerprint density at radius 1 is 1.19 bits per heavy atom. The summed E-state index contributed by atoms with van der Waals surface area (Å²) in [5, 5.41) is 0. The van der Waals surface area contributed by atoms with Crippen molar-refractivity contribution in [2.45, 2.75) is 57.1 Å². The van der Waals surface area contributed by atoms with Crippen LogP contribution >= 0.6 is 0 Å². The van der Waals surface area contributed by atoms with E-state index in [-0.39, 0.29) is 22.8 Å². The molecule has 3 rings (SSSR count). The van der Waals surface area contributed by atoms with Crippen molar-refractivity contribution in [1.82, 2.24) is 9.62 Å². The van der Waals surface area contributed by atoms with Crippen LogP contribution in [0.4, 0.5) is 13.2 Å². The van der Waals surface area contributed by atoms with Crippen molar-refractivity contribution in [2.24, 2.45) is 10.8 Å². The summed E-state index contributed by atoms with van der Waals surface area (Å²) in [4.78, 5) is 25.3. The quantitative estimate of drug-likeness (QED) is 0.638. The van der Waals surface area contributed by atoms with Crippen molar-refractivity contribution in [1.29, 1.82) is 0 Å². The van der Waals surface area contributed by atoms with E-state index in [9.17, 15) is 31.2 Å². The van der Waals surface area contributed by atoms with E-state index in [1.165, 1.54) is 0 Å². The van der Waals surface area contributed by atoms with Crippen molar-refractivity contribution in [3.8, 4) is 0 Å². The standard InChI is InChI=1S/C21H27F3N2O5S/c1-19(2)8-14-9-20(3,12-19)13-26(14)17(27)11-31-18(28)10-25-32(29,30)16-7-5-4-6-15(16)21(22,23)24/h4-7,14,25H,8-13H2,1-3H3. The van der Waals surface area contributed by atoms with Gasteiger partial charge in [0.1, 0.15) is 6.54 Å². The molecule has 1 amide bonds. The van der Waals surface area contributed by atoms with Gasteiger partial charge >= 0.3 is 12.1 Å². The fourth-order valence-corrected chi connectivity index (χ4v) is 6.39. The van der Waals surface area contributed by atoms with Crippen LogP contribution in [0.2, 0.25) is 0 Å². The monoisotopic (exact) mass is 476 g/mol.